The summed E-state index contributed by atoms with van der Waals surface area (Å²) in [5.41, 5.74) is 1.41. The molecule has 1 aromatic carbocycles. The summed E-state index contributed by atoms with van der Waals surface area (Å²) in [4.78, 5) is 0.237. The van der Waals surface area contributed by atoms with E-state index >= 15 is 0 Å². The maximum atomic E-state index is 12.8. The fourth-order valence-corrected chi connectivity index (χ4v) is 4.81. The van der Waals surface area contributed by atoms with Crippen LogP contribution in [0.2, 0.25) is 0 Å². The van der Waals surface area contributed by atoms with Gasteiger partial charge in [-0.3, -0.25) is 0 Å². The van der Waals surface area contributed by atoms with Crippen molar-refractivity contribution in [3.8, 4) is 11.8 Å². The van der Waals surface area contributed by atoms with E-state index in [4.69, 9.17) is 5.11 Å². The van der Waals surface area contributed by atoms with Crippen LogP contribution in [0, 0.1) is 18.8 Å². The Morgan fingerprint density at radius 1 is 1.33 bits per heavy atom. The number of rotatable bonds is 2. The lowest BCUT2D eigenvalue weighted by Crippen LogP contribution is -2.33. The molecule has 0 aromatic heterocycles. The molecule has 0 bridgehead atoms. The second-order valence-electron chi connectivity index (χ2n) is 4.83. The van der Waals surface area contributed by atoms with Gasteiger partial charge in [0.25, 0.3) is 0 Å². The molecule has 0 atom stereocenters. The zero-order valence-corrected chi connectivity index (χ0v) is 13.6. The Morgan fingerprint density at radius 3 is 2.90 bits per heavy atom. The highest BCUT2D eigenvalue weighted by atomic mass is 32.2. The van der Waals surface area contributed by atoms with Gasteiger partial charge in [0, 0.05) is 24.4 Å². The van der Waals surface area contributed by atoms with Crippen LogP contribution >= 0.6 is 11.8 Å². The van der Waals surface area contributed by atoms with Gasteiger partial charge in [-0.1, -0.05) is 17.9 Å². The Balaban J connectivity index is 2.43. The number of aliphatic hydroxyl groups is 1. The number of benzene rings is 1. The summed E-state index contributed by atoms with van der Waals surface area (Å²) in [5.74, 6) is 7.11. The number of hydrogen-bond acceptors (Lipinski definition) is 4. The molecule has 1 saturated heterocycles. The van der Waals surface area contributed by atoms with Crippen molar-refractivity contribution in [2.24, 2.45) is 0 Å². The molecule has 21 heavy (non-hydrogen) atoms. The highest BCUT2D eigenvalue weighted by molar-refractivity contribution is 7.99. The van der Waals surface area contributed by atoms with Crippen LogP contribution in [0.25, 0.3) is 0 Å². The quantitative estimate of drug-likeness (QED) is 0.837. The molecule has 0 radical (unpaired) electrons. The molecule has 114 valence electrons. The predicted octanol–water partition coefficient (Wildman–Crippen LogP) is 1.47. The van der Waals surface area contributed by atoms with E-state index in [-0.39, 0.29) is 11.5 Å². The average molecular weight is 325 g/mol. The van der Waals surface area contributed by atoms with Crippen molar-refractivity contribution in [3.63, 3.8) is 0 Å². The van der Waals surface area contributed by atoms with Gasteiger partial charge in [0.2, 0.25) is 10.0 Å². The summed E-state index contributed by atoms with van der Waals surface area (Å²) in [6, 6.07) is 5.15. The summed E-state index contributed by atoms with van der Waals surface area (Å²) in [7, 11) is -3.53. The smallest absolute Gasteiger partial charge is 0.244 e. The van der Waals surface area contributed by atoms with Crippen LogP contribution in [0.1, 0.15) is 17.5 Å². The van der Waals surface area contributed by atoms with Gasteiger partial charge < -0.3 is 5.11 Å². The minimum Gasteiger partial charge on any atom is -0.384 e. The first-order valence-corrected chi connectivity index (χ1v) is 9.43. The molecular formula is C15H19NO3S2. The first-order valence-electron chi connectivity index (χ1n) is 6.84. The maximum absolute atomic E-state index is 12.8. The summed E-state index contributed by atoms with van der Waals surface area (Å²) >= 11 is 1.78. The van der Waals surface area contributed by atoms with Crippen LogP contribution in [0.15, 0.2) is 23.1 Å². The molecule has 6 heteroatoms. The van der Waals surface area contributed by atoms with Crippen molar-refractivity contribution in [2.45, 2.75) is 18.2 Å². The highest BCUT2D eigenvalue weighted by Gasteiger charge is 2.27. The Labute approximate surface area is 130 Å². The fourth-order valence-electron chi connectivity index (χ4n) is 2.20. The molecular weight excluding hydrogens is 306 g/mol. The Bertz CT molecular complexity index is 651. The van der Waals surface area contributed by atoms with Gasteiger partial charge in [0.15, 0.2) is 0 Å². The molecule has 0 saturated carbocycles. The van der Waals surface area contributed by atoms with Gasteiger partial charge >= 0.3 is 0 Å². The SMILES string of the molecule is Cc1ccc(S(=O)(=O)N2CCCSCC2)c(C#CCO)c1. The van der Waals surface area contributed by atoms with Gasteiger partial charge in [-0.2, -0.15) is 16.1 Å². The Hall–Kier alpha value is -1.00. The van der Waals surface area contributed by atoms with Crippen molar-refractivity contribution < 1.29 is 13.5 Å². The van der Waals surface area contributed by atoms with Crippen molar-refractivity contribution in [1.82, 2.24) is 4.31 Å². The minimum absolute atomic E-state index is 0.237. The van der Waals surface area contributed by atoms with Gasteiger partial charge in [-0.15, -0.1) is 0 Å². The molecule has 1 N–H and O–H groups in total. The molecule has 0 aliphatic carbocycles. The van der Waals surface area contributed by atoms with Crippen LogP contribution in [0.3, 0.4) is 0 Å². The highest BCUT2D eigenvalue weighted by Crippen LogP contribution is 2.23. The van der Waals surface area contributed by atoms with E-state index in [2.05, 4.69) is 11.8 Å². The van der Waals surface area contributed by atoms with Gasteiger partial charge in [-0.25, -0.2) is 8.42 Å². The topological polar surface area (TPSA) is 57.6 Å². The second-order valence-corrected chi connectivity index (χ2v) is 7.96. The van der Waals surface area contributed by atoms with Crippen LogP contribution in [-0.4, -0.2) is 49.0 Å². The largest absolute Gasteiger partial charge is 0.384 e. The van der Waals surface area contributed by atoms with E-state index in [1.54, 1.807) is 34.3 Å². The second kappa shape index (κ2) is 7.32. The van der Waals surface area contributed by atoms with Crippen LogP contribution in [0.5, 0.6) is 0 Å². The fraction of sp³-hybridized carbons (Fsp3) is 0.467. The Kier molecular flexibility index (Phi) is 5.71. The lowest BCUT2D eigenvalue weighted by molar-refractivity contribution is 0.350. The van der Waals surface area contributed by atoms with Crippen molar-refractivity contribution in [2.75, 3.05) is 31.2 Å². The zero-order chi connectivity index (χ0) is 15.3. The van der Waals surface area contributed by atoms with Gasteiger partial charge in [0.1, 0.15) is 6.61 Å². The van der Waals surface area contributed by atoms with Crippen molar-refractivity contribution in [3.05, 3.63) is 29.3 Å². The number of nitrogens with zero attached hydrogens (tertiary/aromatic N) is 1. The monoisotopic (exact) mass is 325 g/mol. The van der Waals surface area contributed by atoms with Gasteiger partial charge in [0.05, 0.1) is 4.90 Å². The number of sulfonamides is 1. The zero-order valence-electron chi connectivity index (χ0n) is 12.0. The lowest BCUT2D eigenvalue weighted by Gasteiger charge is -2.20. The lowest BCUT2D eigenvalue weighted by atomic mass is 10.1. The summed E-state index contributed by atoms with van der Waals surface area (Å²) in [6.45, 7) is 2.70. The molecule has 2 rings (SSSR count). The standard InChI is InChI=1S/C15H19NO3S2/c1-13-5-6-15(14(12-13)4-2-9-17)21(18,19)16-7-3-10-20-11-8-16/h5-6,12,17H,3,7-11H2,1H3. The number of thioether (sulfide) groups is 1. The Morgan fingerprint density at radius 2 is 2.14 bits per heavy atom. The van der Waals surface area contributed by atoms with E-state index in [0.717, 1.165) is 23.5 Å². The normalized spacial score (nSPS) is 16.9. The molecule has 1 aliphatic rings. The number of aryl methyl sites for hydroxylation is 1. The van der Waals surface area contributed by atoms with E-state index in [9.17, 15) is 8.42 Å². The molecule has 1 aliphatic heterocycles. The molecule has 4 nitrogen and oxygen atoms in total. The molecule has 1 heterocycles. The van der Waals surface area contributed by atoms with Crippen LogP contribution < -0.4 is 0 Å². The summed E-state index contributed by atoms with van der Waals surface area (Å²) < 4.78 is 27.2. The van der Waals surface area contributed by atoms with Gasteiger partial charge in [-0.05, 0) is 36.8 Å². The number of hydrogen-bond donors (Lipinski definition) is 1. The van der Waals surface area contributed by atoms with Crippen LogP contribution in [0.4, 0.5) is 0 Å². The molecule has 0 unspecified atom stereocenters. The third-order valence-corrected chi connectivity index (χ3v) is 6.24. The molecule has 1 fully saturated rings. The van der Waals surface area contributed by atoms with Crippen LogP contribution in [-0.2, 0) is 10.0 Å². The molecule has 0 amide bonds. The minimum atomic E-state index is -3.53. The van der Waals surface area contributed by atoms with Crippen molar-refractivity contribution in [1.29, 1.82) is 0 Å². The third kappa shape index (κ3) is 4.01. The average Bonchev–Trinajstić information content (AvgIpc) is 2.74. The van der Waals surface area contributed by atoms with E-state index in [1.165, 1.54) is 0 Å². The third-order valence-electron chi connectivity index (χ3n) is 3.24. The summed E-state index contributed by atoms with van der Waals surface area (Å²) in [5, 5.41) is 8.84. The number of aliphatic hydroxyl groups excluding tert-OH is 1. The van der Waals surface area contributed by atoms with E-state index in [0.29, 0.717) is 18.7 Å². The van der Waals surface area contributed by atoms with E-state index < -0.39 is 10.0 Å². The van der Waals surface area contributed by atoms with Crippen molar-refractivity contribution >= 4 is 21.8 Å². The predicted molar refractivity (Wildman–Crippen MR) is 85.8 cm³/mol. The molecule has 0 spiro atoms. The first kappa shape index (κ1) is 16.4. The first-order chi connectivity index (χ1) is 10.1. The van der Waals surface area contributed by atoms with E-state index in [1.807, 2.05) is 6.92 Å². The molecule has 1 aromatic rings. The maximum Gasteiger partial charge on any atom is 0.244 e. The summed E-state index contributed by atoms with van der Waals surface area (Å²) in [6.07, 6.45) is 0.868.